The molecule has 1 atom stereocenters. The second kappa shape index (κ2) is 7.82. The third-order valence-corrected chi connectivity index (χ3v) is 5.55. The summed E-state index contributed by atoms with van der Waals surface area (Å²) in [4.78, 5) is 14.3. The molecule has 0 bridgehead atoms. The Morgan fingerprint density at radius 3 is 2.81 bits per heavy atom. The Morgan fingerprint density at radius 2 is 2.00 bits per heavy atom. The molecule has 3 heterocycles. The van der Waals surface area contributed by atoms with E-state index in [0.717, 1.165) is 69.4 Å². The zero-order valence-electron chi connectivity index (χ0n) is 15.8. The van der Waals surface area contributed by atoms with Gasteiger partial charge in [0.1, 0.15) is 0 Å². The van der Waals surface area contributed by atoms with E-state index in [1.807, 2.05) is 6.20 Å². The molecule has 0 radical (unpaired) electrons. The molecular weight excluding hydrogens is 324 g/mol. The average molecular weight is 352 g/mol. The molecule has 1 aromatic heterocycles. The van der Waals surface area contributed by atoms with Gasteiger partial charge < -0.3 is 4.74 Å². The lowest BCUT2D eigenvalue weighted by atomic mass is 10.1. The van der Waals surface area contributed by atoms with E-state index in [-0.39, 0.29) is 0 Å². The molecule has 1 aromatic carbocycles. The van der Waals surface area contributed by atoms with E-state index in [0.29, 0.717) is 6.04 Å². The predicted molar refractivity (Wildman–Crippen MR) is 103 cm³/mol. The second-order valence-corrected chi connectivity index (χ2v) is 7.37. The van der Waals surface area contributed by atoms with Crippen molar-refractivity contribution in [2.45, 2.75) is 32.9 Å². The van der Waals surface area contributed by atoms with E-state index in [1.54, 1.807) is 0 Å². The second-order valence-electron chi connectivity index (χ2n) is 7.37. The van der Waals surface area contributed by atoms with Crippen molar-refractivity contribution in [3.05, 3.63) is 47.3 Å². The molecule has 2 aromatic rings. The lowest BCUT2D eigenvalue weighted by Crippen LogP contribution is -2.57. The number of hydrogen-bond donors (Lipinski definition) is 0. The summed E-state index contributed by atoms with van der Waals surface area (Å²) in [6.45, 7) is 11.5. The molecule has 0 spiro atoms. The van der Waals surface area contributed by atoms with Crippen LogP contribution in [0.3, 0.4) is 0 Å². The van der Waals surface area contributed by atoms with Crippen LogP contribution in [0.15, 0.2) is 30.5 Å². The van der Waals surface area contributed by atoms with Gasteiger partial charge in [0, 0.05) is 56.2 Å². The van der Waals surface area contributed by atoms with Crippen LogP contribution in [-0.4, -0.2) is 65.2 Å². The molecule has 2 aliphatic rings. The van der Waals surface area contributed by atoms with E-state index in [2.05, 4.69) is 52.9 Å². The van der Waals surface area contributed by atoms with Gasteiger partial charge in [-0.15, -0.1) is 0 Å². The zero-order valence-corrected chi connectivity index (χ0v) is 15.8. The summed E-state index contributed by atoms with van der Waals surface area (Å²) >= 11 is 0. The molecule has 138 valence electrons. The number of aryl methyl sites for hydroxylation is 2. The van der Waals surface area contributed by atoms with Crippen LogP contribution in [0, 0.1) is 6.92 Å². The molecule has 0 N–H and O–H groups in total. The van der Waals surface area contributed by atoms with Gasteiger partial charge in [-0.1, -0.05) is 31.2 Å². The number of nitrogens with zero attached hydrogens (tertiary/aromatic N) is 4. The van der Waals surface area contributed by atoms with Gasteiger partial charge in [0.05, 0.1) is 13.2 Å². The quantitative estimate of drug-likeness (QED) is 0.846. The molecule has 0 amide bonds. The minimum absolute atomic E-state index is 0.560. The number of aromatic nitrogens is 2. The van der Waals surface area contributed by atoms with E-state index >= 15 is 0 Å². The number of morpholine rings is 1. The van der Waals surface area contributed by atoms with E-state index < -0.39 is 0 Å². The first-order valence-corrected chi connectivity index (χ1v) is 9.69. The van der Waals surface area contributed by atoms with E-state index in [9.17, 15) is 0 Å². The van der Waals surface area contributed by atoms with Gasteiger partial charge in [0.25, 0.3) is 0 Å². The van der Waals surface area contributed by atoms with Crippen molar-refractivity contribution in [3.63, 3.8) is 0 Å². The van der Waals surface area contributed by atoms with Gasteiger partial charge in [-0.3, -0.25) is 9.80 Å². The summed E-state index contributed by atoms with van der Waals surface area (Å²) in [5.41, 5.74) is 4.74. The lowest BCUT2D eigenvalue weighted by molar-refractivity contribution is -0.0461. The molecule has 2 saturated heterocycles. The van der Waals surface area contributed by atoms with E-state index in [1.165, 1.54) is 11.1 Å². The first-order valence-electron chi connectivity index (χ1n) is 9.69. The SMILES string of the molecule is CCc1nc(-c2ccc(CN3CCN4CCOCC4C3)cc2)ncc1C. The Morgan fingerprint density at radius 1 is 1.15 bits per heavy atom. The number of hydrogen-bond acceptors (Lipinski definition) is 5. The standard InChI is InChI=1S/C21H28N4O/c1-3-20-16(2)12-22-21(23-20)18-6-4-17(5-7-18)13-24-8-9-25-10-11-26-15-19(25)14-24/h4-7,12,19H,3,8-11,13-15H2,1-2H3. The zero-order chi connectivity index (χ0) is 17.9. The highest BCUT2D eigenvalue weighted by Gasteiger charge is 2.29. The van der Waals surface area contributed by atoms with Crippen molar-refractivity contribution in [2.75, 3.05) is 39.4 Å². The molecular formula is C21H28N4O. The molecule has 2 aliphatic heterocycles. The van der Waals surface area contributed by atoms with Gasteiger partial charge in [0.15, 0.2) is 5.82 Å². The van der Waals surface area contributed by atoms with Gasteiger partial charge in [-0.05, 0) is 24.5 Å². The highest BCUT2D eigenvalue weighted by Crippen LogP contribution is 2.20. The Labute approximate surface area is 156 Å². The highest BCUT2D eigenvalue weighted by atomic mass is 16.5. The fraction of sp³-hybridized carbons (Fsp3) is 0.524. The van der Waals surface area contributed by atoms with Crippen molar-refractivity contribution in [1.29, 1.82) is 0 Å². The number of ether oxygens (including phenoxy) is 1. The minimum Gasteiger partial charge on any atom is -0.378 e. The maximum atomic E-state index is 5.65. The monoisotopic (exact) mass is 352 g/mol. The fourth-order valence-electron chi connectivity index (χ4n) is 3.95. The maximum Gasteiger partial charge on any atom is 0.159 e. The van der Waals surface area contributed by atoms with Gasteiger partial charge >= 0.3 is 0 Å². The minimum atomic E-state index is 0.560. The molecule has 0 aliphatic carbocycles. The third kappa shape index (κ3) is 3.80. The molecule has 4 rings (SSSR count). The van der Waals surface area contributed by atoms with Crippen LogP contribution in [-0.2, 0) is 17.7 Å². The average Bonchev–Trinajstić information content (AvgIpc) is 2.69. The summed E-state index contributed by atoms with van der Waals surface area (Å²) in [6, 6.07) is 9.30. The number of fused-ring (bicyclic) bond motifs is 1. The Hall–Kier alpha value is -1.82. The van der Waals surface area contributed by atoms with Crippen molar-refractivity contribution >= 4 is 0 Å². The van der Waals surface area contributed by atoms with Crippen LogP contribution >= 0.6 is 0 Å². The van der Waals surface area contributed by atoms with Crippen molar-refractivity contribution < 1.29 is 4.74 Å². The molecule has 2 fully saturated rings. The van der Waals surface area contributed by atoms with Crippen LogP contribution in [0.25, 0.3) is 11.4 Å². The first-order chi connectivity index (χ1) is 12.7. The fourth-order valence-corrected chi connectivity index (χ4v) is 3.95. The summed E-state index contributed by atoms with van der Waals surface area (Å²) in [6.07, 6.45) is 2.87. The van der Waals surface area contributed by atoms with Crippen LogP contribution in [0.4, 0.5) is 0 Å². The van der Waals surface area contributed by atoms with Crippen molar-refractivity contribution in [3.8, 4) is 11.4 Å². The number of rotatable bonds is 4. The van der Waals surface area contributed by atoms with Gasteiger partial charge in [-0.2, -0.15) is 0 Å². The Bertz CT molecular complexity index is 746. The summed E-state index contributed by atoms with van der Waals surface area (Å²) in [5.74, 6) is 0.826. The summed E-state index contributed by atoms with van der Waals surface area (Å²) in [5, 5.41) is 0. The van der Waals surface area contributed by atoms with Crippen LogP contribution < -0.4 is 0 Å². The highest BCUT2D eigenvalue weighted by molar-refractivity contribution is 5.55. The Kier molecular flexibility index (Phi) is 5.29. The number of benzene rings is 1. The van der Waals surface area contributed by atoms with E-state index in [4.69, 9.17) is 9.72 Å². The Balaban J connectivity index is 1.41. The van der Waals surface area contributed by atoms with Gasteiger partial charge in [0.2, 0.25) is 0 Å². The predicted octanol–water partition coefficient (Wildman–Crippen LogP) is 2.53. The van der Waals surface area contributed by atoms with Crippen LogP contribution in [0.5, 0.6) is 0 Å². The molecule has 5 nitrogen and oxygen atoms in total. The normalized spacial score (nSPS) is 21.5. The van der Waals surface area contributed by atoms with Crippen molar-refractivity contribution in [2.24, 2.45) is 0 Å². The van der Waals surface area contributed by atoms with Crippen LogP contribution in [0.2, 0.25) is 0 Å². The summed E-state index contributed by atoms with van der Waals surface area (Å²) < 4.78 is 5.65. The molecule has 5 heteroatoms. The largest absolute Gasteiger partial charge is 0.378 e. The topological polar surface area (TPSA) is 41.5 Å². The maximum absolute atomic E-state index is 5.65. The molecule has 1 unspecified atom stereocenters. The summed E-state index contributed by atoms with van der Waals surface area (Å²) in [7, 11) is 0. The van der Waals surface area contributed by atoms with Gasteiger partial charge in [-0.25, -0.2) is 9.97 Å². The van der Waals surface area contributed by atoms with Crippen LogP contribution in [0.1, 0.15) is 23.7 Å². The smallest absolute Gasteiger partial charge is 0.159 e. The van der Waals surface area contributed by atoms with Crippen molar-refractivity contribution in [1.82, 2.24) is 19.8 Å². The lowest BCUT2D eigenvalue weighted by Gasteiger charge is -2.43. The first kappa shape index (κ1) is 17.6. The number of piperazine rings is 1. The third-order valence-electron chi connectivity index (χ3n) is 5.55. The molecule has 0 saturated carbocycles. The molecule has 26 heavy (non-hydrogen) atoms.